The van der Waals surface area contributed by atoms with E-state index in [4.69, 9.17) is 4.74 Å². The lowest BCUT2D eigenvalue weighted by Gasteiger charge is -2.11. The molecule has 0 N–H and O–H groups in total. The molecule has 8 heteroatoms. The molecule has 128 valence electrons. The normalized spacial score (nSPS) is 17.5. The molecule has 0 bridgehead atoms. The van der Waals surface area contributed by atoms with Crippen LogP contribution in [0.5, 0.6) is 5.75 Å². The van der Waals surface area contributed by atoms with E-state index in [9.17, 15) is 4.79 Å². The molecule has 0 atom stereocenters. The Hall–Kier alpha value is -2.45. The number of thioether (sulfide) groups is 1. The van der Waals surface area contributed by atoms with Gasteiger partial charge in [-0.2, -0.15) is 4.99 Å². The Balaban J connectivity index is 1.90. The quantitative estimate of drug-likeness (QED) is 0.592. The Kier molecular flexibility index (Phi) is 5.30. The molecule has 3 rings (SSSR count). The Morgan fingerprint density at radius 3 is 2.68 bits per heavy atom. The van der Waals surface area contributed by atoms with E-state index in [1.807, 2.05) is 37.3 Å². The first-order valence-corrected chi connectivity index (χ1v) is 9.09. The van der Waals surface area contributed by atoms with E-state index >= 15 is 0 Å². The number of aliphatic imine (C=N–C) groups is 1. The number of nitrogens with zero attached hydrogens (tertiary/aromatic N) is 4. The second-order valence-electron chi connectivity index (χ2n) is 5.09. The molecule has 0 spiro atoms. The second-order valence-corrected chi connectivity index (χ2v) is 7.26. The first-order valence-electron chi connectivity index (χ1n) is 7.46. The molecular weight excluding hydrogens is 356 g/mol. The number of amidine groups is 1. The van der Waals surface area contributed by atoms with E-state index in [0.717, 1.165) is 16.3 Å². The highest BCUT2D eigenvalue weighted by Gasteiger charge is 2.32. The summed E-state index contributed by atoms with van der Waals surface area (Å²) in [5.74, 6) is 0.676. The van der Waals surface area contributed by atoms with Crippen LogP contribution in [0.2, 0.25) is 0 Å². The van der Waals surface area contributed by atoms with E-state index in [-0.39, 0.29) is 5.91 Å². The van der Waals surface area contributed by atoms with Gasteiger partial charge in [-0.15, -0.1) is 16.8 Å². The molecule has 1 aromatic carbocycles. The van der Waals surface area contributed by atoms with Gasteiger partial charge in [-0.3, -0.25) is 9.69 Å². The van der Waals surface area contributed by atoms with Gasteiger partial charge in [0.25, 0.3) is 5.91 Å². The summed E-state index contributed by atoms with van der Waals surface area (Å²) in [6.45, 7) is 5.97. The van der Waals surface area contributed by atoms with Gasteiger partial charge in [0.1, 0.15) is 10.8 Å². The molecule has 1 aromatic heterocycles. The number of aryl methyl sites for hydroxylation is 1. The maximum Gasteiger partial charge on any atom is 0.267 e. The Bertz CT molecular complexity index is 856. The van der Waals surface area contributed by atoms with Crippen molar-refractivity contribution in [3.05, 3.63) is 52.4 Å². The molecule has 1 aliphatic rings. The SMILES string of the molecule is C=CCN1C(=O)/C(=C/c2ccc(OC)cc2)S/C1=N/c1nnc(C)s1. The van der Waals surface area contributed by atoms with Crippen molar-refractivity contribution in [1.82, 2.24) is 15.1 Å². The van der Waals surface area contributed by atoms with Crippen LogP contribution < -0.4 is 4.74 Å². The van der Waals surface area contributed by atoms with Crippen molar-refractivity contribution >= 4 is 45.4 Å². The predicted molar refractivity (Wildman–Crippen MR) is 102 cm³/mol. The van der Waals surface area contributed by atoms with E-state index in [0.29, 0.717) is 21.7 Å². The first kappa shape index (κ1) is 17.4. The number of carbonyl (C=O) groups is 1. The summed E-state index contributed by atoms with van der Waals surface area (Å²) >= 11 is 2.71. The van der Waals surface area contributed by atoms with Crippen LogP contribution in [0.1, 0.15) is 10.6 Å². The average Bonchev–Trinajstić information content (AvgIpc) is 3.14. The van der Waals surface area contributed by atoms with Crippen molar-refractivity contribution in [2.75, 3.05) is 13.7 Å². The lowest BCUT2D eigenvalue weighted by molar-refractivity contribution is -0.121. The smallest absolute Gasteiger partial charge is 0.267 e. The van der Waals surface area contributed by atoms with E-state index in [1.165, 1.54) is 23.1 Å². The third-order valence-corrected chi connectivity index (χ3v) is 5.06. The van der Waals surface area contributed by atoms with Gasteiger partial charge in [0.05, 0.1) is 12.0 Å². The van der Waals surface area contributed by atoms with Gasteiger partial charge >= 0.3 is 0 Å². The third kappa shape index (κ3) is 3.97. The molecular formula is C17H16N4O2S2. The molecule has 0 aliphatic carbocycles. The Morgan fingerprint density at radius 2 is 2.08 bits per heavy atom. The highest BCUT2D eigenvalue weighted by Crippen LogP contribution is 2.34. The predicted octanol–water partition coefficient (Wildman–Crippen LogP) is 3.65. The molecule has 2 heterocycles. The van der Waals surface area contributed by atoms with Gasteiger partial charge in [0, 0.05) is 6.54 Å². The number of carbonyl (C=O) groups excluding carboxylic acids is 1. The fourth-order valence-electron chi connectivity index (χ4n) is 2.15. The first-order chi connectivity index (χ1) is 12.1. The van der Waals surface area contributed by atoms with Gasteiger partial charge in [-0.1, -0.05) is 29.5 Å². The van der Waals surface area contributed by atoms with Crippen LogP contribution in [-0.2, 0) is 4.79 Å². The molecule has 2 aromatic rings. The Morgan fingerprint density at radius 1 is 1.32 bits per heavy atom. The van der Waals surface area contributed by atoms with Gasteiger partial charge in [0.15, 0.2) is 5.17 Å². The summed E-state index contributed by atoms with van der Waals surface area (Å²) < 4.78 is 5.15. The molecule has 1 amide bonds. The molecule has 25 heavy (non-hydrogen) atoms. The van der Waals surface area contributed by atoms with Gasteiger partial charge in [0.2, 0.25) is 5.13 Å². The third-order valence-electron chi connectivity index (χ3n) is 3.32. The zero-order chi connectivity index (χ0) is 17.8. The van der Waals surface area contributed by atoms with Crippen LogP contribution in [0, 0.1) is 6.92 Å². The monoisotopic (exact) mass is 372 g/mol. The minimum atomic E-state index is -0.0966. The fourth-order valence-corrected chi connectivity index (χ4v) is 3.75. The zero-order valence-electron chi connectivity index (χ0n) is 13.8. The number of methoxy groups -OCH3 is 1. The highest BCUT2D eigenvalue weighted by atomic mass is 32.2. The second kappa shape index (κ2) is 7.62. The largest absolute Gasteiger partial charge is 0.497 e. The summed E-state index contributed by atoms with van der Waals surface area (Å²) in [5, 5.41) is 9.90. The van der Waals surface area contributed by atoms with E-state index < -0.39 is 0 Å². The molecule has 0 unspecified atom stereocenters. The number of amides is 1. The minimum Gasteiger partial charge on any atom is -0.497 e. The van der Waals surface area contributed by atoms with Crippen molar-refractivity contribution in [3.63, 3.8) is 0 Å². The number of benzene rings is 1. The topological polar surface area (TPSA) is 67.7 Å². The number of hydrogen-bond acceptors (Lipinski definition) is 7. The van der Waals surface area contributed by atoms with Crippen LogP contribution >= 0.6 is 23.1 Å². The van der Waals surface area contributed by atoms with Crippen molar-refractivity contribution in [3.8, 4) is 5.75 Å². The number of rotatable bonds is 5. The summed E-state index contributed by atoms with van der Waals surface area (Å²) in [7, 11) is 1.62. The maximum atomic E-state index is 12.7. The molecule has 1 fully saturated rings. The van der Waals surface area contributed by atoms with Crippen LogP contribution in [-0.4, -0.2) is 39.8 Å². The van der Waals surface area contributed by atoms with Crippen LogP contribution in [0.3, 0.4) is 0 Å². The van der Waals surface area contributed by atoms with Crippen molar-refractivity contribution in [1.29, 1.82) is 0 Å². The van der Waals surface area contributed by atoms with E-state index in [2.05, 4.69) is 21.8 Å². The fraction of sp³-hybridized carbons (Fsp3) is 0.176. The number of ether oxygens (including phenoxy) is 1. The van der Waals surface area contributed by atoms with Crippen molar-refractivity contribution < 1.29 is 9.53 Å². The Labute approximate surface area is 153 Å². The average molecular weight is 372 g/mol. The van der Waals surface area contributed by atoms with Gasteiger partial charge in [-0.05, 0) is 42.5 Å². The molecule has 6 nitrogen and oxygen atoms in total. The van der Waals surface area contributed by atoms with Crippen molar-refractivity contribution in [2.45, 2.75) is 6.92 Å². The highest BCUT2D eigenvalue weighted by molar-refractivity contribution is 8.18. The summed E-state index contributed by atoms with van der Waals surface area (Å²) in [5.41, 5.74) is 0.920. The van der Waals surface area contributed by atoms with Gasteiger partial charge < -0.3 is 4.74 Å². The number of hydrogen-bond donors (Lipinski definition) is 0. The van der Waals surface area contributed by atoms with Crippen molar-refractivity contribution in [2.24, 2.45) is 4.99 Å². The standard InChI is InChI=1S/C17H16N4O2S2/c1-4-9-21-15(22)14(10-12-5-7-13(23-3)8-6-12)25-17(21)18-16-20-19-11(2)24-16/h4-8,10H,1,9H2,2-3H3/b14-10-,18-17+. The lowest BCUT2D eigenvalue weighted by atomic mass is 10.2. The zero-order valence-corrected chi connectivity index (χ0v) is 15.4. The molecule has 1 aliphatic heterocycles. The summed E-state index contributed by atoms with van der Waals surface area (Å²) in [4.78, 5) is 19.3. The van der Waals surface area contributed by atoms with Gasteiger partial charge in [-0.25, -0.2) is 0 Å². The maximum absolute atomic E-state index is 12.7. The van der Waals surface area contributed by atoms with Crippen LogP contribution in [0.4, 0.5) is 5.13 Å². The summed E-state index contributed by atoms with van der Waals surface area (Å²) in [6, 6.07) is 7.52. The number of aromatic nitrogens is 2. The minimum absolute atomic E-state index is 0.0966. The van der Waals surface area contributed by atoms with E-state index in [1.54, 1.807) is 18.1 Å². The van der Waals surface area contributed by atoms with Crippen LogP contribution in [0.25, 0.3) is 6.08 Å². The summed E-state index contributed by atoms with van der Waals surface area (Å²) in [6.07, 6.45) is 3.52. The lowest BCUT2D eigenvalue weighted by Crippen LogP contribution is -2.29. The molecule has 0 radical (unpaired) electrons. The molecule has 1 saturated heterocycles. The molecule has 0 saturated carbocycles. The van der Waals surface area contributed by atoms with Crippen LogP contribution in [0.15, 0.2) is 46.8 Å².